The smallest absolute Gasteiger partial charge is 0.294 e. The van der Waals surface area contributed by atoms with Gasteiger partial charge in [-0.1, -0.05) is 24.3 Å². The Morgan fingerprint density at radius 1 is 1.19 bits per heavy atom. The van der Waals surface area contributed by atoms with E-state index in [2.05, 4.69) is 26.3 Å². The summed E-state index contributed by atoms with van der Waals surface area (Å²) in [6.07, 6.45) is 0. The number of halogens is 1. The first kappa shape index (κ1) is 18.5. The van der Waals surface area contributed by atoms with Gasteiger partial charge in [0.2, 0.25) is 5.43 Å². The normalized spacial score (nSPS) is 10.4. The van der Waals surface area contributed by atoms with E-state index in [-0.39, 0.29) is 17.1 Å². The topological polar surface area (TPSA) is 107 Å². The first-order valence-corrected chi connectivity index (χ1v) is 8.58. The predicted octanol–water partition coefficient (Wildman–Crippen LogP) is 3.46. The van der Waals surface area contributed by atoms with Gasteiger partial charge in [-0.3, -0.25) is 19.7 Å². The lowest BCUT2D eigenvalue weighted by Crippen LogP contribution is -2.27. The zero-order valence-corrected chi connectivity index (χ0v) is 15.6. The minimum atomic E-state index is -0.709. The number of nitro benzene ring substituents is 1. The molecule has 1 aromatic heterocycles. The molecule has 27 heavy (non-hydrogen) atoms. The first-order chi connectivity index (χ1) is 12.9. The number of aryl methyl sites for hydroxylation is 1. The van der Waals surface area contributed by atoms with Crippen LogP contribution in [0.25, 0.3) is 5.69 Å². The van der Waals surface area contributed by atoms with Gasteiger partial charge in [-0.05, 0) is 41.1 Å². The van der Waals surface area contributed by atoms with Gasteiger partial charge < -0.3 is 5.32 Å². The molecule has 0 aliphatic carbocycles. The summed E-state index contributed by atoms with van der Waals surface area (Å²) >= 11 is 3.31. The molecule has 2 aromatic carbocycles. The minimum absolute atomic E-state index is 0.162. The van der Waals surface area contributed by atoms with E-state index in [0.717, 1.165) is 0 Å². The van der Waals surface area contributed by atoms with E-state index in [1.165, 1.54) is 28.9 Å². The highest BCUT2D eigenvalue weighted by atomic mass is 79.9. The molecule has 3 rings (SSSR count). The SMILES string of the molecule is Cc1cc(=O)c(C(=O)Nc2ccccc2Br)nn1-c1ccccc1[N+](=O)[O-]. The third kappa shape index (κ3) is 3.77. The fraction of sp³-hybridized carbons (Fsp3) is 0.0556. The van der Waals surface area contributed by atoms with Crippen molar-refractivity contribution in [2.24, 2.45) is 0 Å². The number of nitrogens with zero attached hydrogens (tertiary/aromatic N) is 3. The molecule has 0 fully saturated rings. The number of benzene rings is 2. The lowest BCUT2D eigenvalue weighted by molar-refractivity contribution is -0.384. The number of nitro groups is 1. The number of carbonyl (C=O) groups excluding carboxylic acids is 1. The van der Waals surface area contributed by atoms with Gasteiger partial charge in [0.25, 0.3) is 11.6 Å². The van der Waals surface area contributed by atoms with Gasteiger partial charge in [0, 0.05) is 22.3 Å². The Kier molecular flexibility index (Phi) is 5.13. The number of hydrogen-bond donors (Lipinski definition) is 1. The van der Waals surface area contributed by atoms with E-state index in [9.17, 15) is 19.7 Å². The van der Waals surface area contributed by atoms with Gasteiger partial charge in [0.15, 0.2) is 5.69 Å². The Morgan fingerprint density at radius 3 is 2.56 bits per heavy atom. The van der Waals surface area contributed by atoms with Crippen molar-refractivity contribution >= 4 is 33.2 Å². The Morgan fingerprint density at radius 2 is 1.85 bits per heavy atom. The van der Waals surface area contributed by atoms with E-state index in [1.807, 2.05) is 0 Å². The number of carbonyl (C=O) groups is 1. The summed E-state index contributed by atoms with van der Waals surface area (Å²) in [6.45, 7) is 1.58. The van der Waals surface area contributed by atoms with Crippen LogP contribution in [0.15, 0.2) is 63.9 Å². The van der Waals surface area contributed by atoms with E-state index in [4.69, 9.17) is 0 Å². The van der Waals surface area contributed by atoms with Crippen molar-refractivity contribution in [2.45, 2.75) is 6.92 Å². The molecule has 0 saturated heterocycles. The lowest BCUT2D eigenvalue weighted by atomic mass is 10.2. The van der Waals surface area contributed by atoms with Gasteiger partial charge in [-0.25, -0.2) is 4.68 Å². The van der Waals surface area contributed by atoms with Gasteiger partial charge in [0.1, 0.15) is 5.69 Å². The molecule has 136 valence electrons. The fourth-order valence-electron chi connectivity index (χ4n) is 2.49. The minimum Gasteiger partial charge on any atom is -0.319 e. The van der Waals surface area contributed by atoms with Crippen molar-refractivity contribution in [3.05, 3.63) is 90.8 Å². The highest BCUT2D eigenvalue weighted by Crippen LogP contribution is 2.23. The summed E-state index contributed by atoms with van der Waals surface area (Å²) in [5.41, 5.74) is -0.126. The second kappa shape index (κ2) is 7.50. The molecule has 1 amide bonds. The number of nitrogens with one attached hydrogen (secondary N) is 1. The van der Waals surface area contributed by atoms with Crippen LogP contribution in [0.3, 0.4) is 0 Å². The first-order valence-electron chi connectivity index (χ1n) is 7.79. The van der Waals surface area contributed by atoms with Crippen molar-refractivity contribution < 1.29 is 9.72 Å². The lowest BCUT2D eigenvalue weighted by Gasteiger charge is -2.12. The van der Waals surface area contributed by atoms with Gasteiger partial charge in [-0.2, -0.15) is 5.10 Å². The van der Waals surface area contributed by atoms with Crippen LogP contribution >= 0.6 is 15.9 Å². The molecule has 0 aliphatic heterocycles. The zero-order chi connectivity index (χ0) is 19.6. The molecule has 0 unspecified atom stereocenters. The highest BCUT2D eigenvalue weighted by molar-refractivity contribution is 9.10. The largest absolute Gasteiger partial charge is 0.319 e. The summed E-state index contributed by atoms with van der Waals surface area (Å²) < 4.78 is 1.86. The molecule has 0 spiro atoms. The highest BCUT2D eigenvalue weighted by Gasteiger charge is 2.20. The van der Waals surface area contributed by atoms with Crippen LogP contribution in [-0.2, 0) is 0 Å². The van der Waals surface area contributed by atoms with E-state index < -0.39 is 16.3 Å². The maximum atomic E-state index is 12.6. The van der Waals surface area contributed by atoms with Crippen molar-refractivity contribution in [3.63, 3.8) is 0 Å². The molecule has 1 heterocycles. The molecule has 1 N–H and O–H groups in total. The predicted molar refractivity (Wildman–Crippen MR) is 103 cm³/mol. The van der Waals surface area contributed by atoms with Crippen LogP contribution in [0, 0.1) is 17.0 Å². The number of rotatable bonds is 4. The molecule has 0 saturated carbocycles. The standard InChI is InChI=1S/C18H13BrN4O4/c1-11-10-16(24)17(18(25)20-13-7-3-2-6-12(13)19)21-22(11)14-8-4-5-9-15(14)23(26)27/h2-10H,1H3,(H,20,25). The quantitative estimate of drug-likeness (QED) is 0.505. The number of para-hydroxylation sites is 3. The van der Waals surface area contributed by atoms with Crippen molar-refractivity contribution in [1.82, 2.24) is 9.78 Å². The number of aromatic nitrogens is 2. The Bertz CT molecular complexity index is 1110. The Hall–Kier alpha value is -3.33. The molecule has 0 radical (unpaired) electrons. The van der Waals surface area contributed by atoms with Gasteiger partial charge in [0.05, 0.1) is 10.6 Å². The molecular formula is C18H13BrN4O4. The van der Waals surface area contributed by atoms with Crippen LogP contribution in [0.4, 0.5) is 11.4 Å². The summed E-state index contributed by atoms with van der Waals surface area (Å²) in [6, 6.07) is 14.1. The maximum absolute atomic E-state index is 12.6. The monoisotopic (exact) mass is 428 g/mol. The summed E-state index contributed by atoms with van der Waals surface area (Å²) in [5, 5.41) is 18.0. The van der Waals surface area contributed by atoms with Gasteiger partial charge >= 0.3 is 0 Å². The third-order valence-electron chi connectivity index (χ3n) is 3.75. The zero-order valence-electron chi connectivity index (χ0n) is 14.0. The maximum Gasteiger partial charge on any atom is 0.294 e. The summed E-state index contributed by atoms with van der Waals surface area (Å²) in [5.74, 6) is -0.709. The van der Waals surface area contributed by atoms with E-state index in [0.29, 0.717) is 15.9 Å². The fourth-order valence-corrected chi connectivity index (χ4v) is 2.87. The molecular weight excluding hydrogens is 416 g/mol. The van der Waals surface area contributed by atoms with Crippen LogP contribution in [0.2, 0.25) is 0 Å². The van der Waals surface area contributed by atoms with E-state index >= 15 is 0 Å². The van der Waals surface area contributed by atoms with Crippen LogP contribution in [0.1, 0.15) is 16.2 Å². The molecule has 9 heteroatoms. The Labute approximate surface area is 161 Å². The summed E-state index contributed by atoms with van der Waals surface area (Å²) in [7, 11) is 0. The Balaban J connectivity index is 2.08. The average molecular weight is 429 g/mol. The molecule has 3 aromatic rings. The average Bonchev–Trinajstić information content (AvgIpc) is 2.63. The van der Waals surface area contributed by atoms with Gasteiger partial charge in [-0.15, -0.1) is 0 Å². The van der Waals surface area contributed by atoms with Crippen molar-refractivity contribution in [1.29, 1.82) is 0 Å². The van der Waals surface area contributed by atoms with E-state index in [1.54, 1.807) is 37.3 Å². The number of anilines is 1. The second-order valence-corrected chi connectivity index (χ2v) is 6.44. The van der Waals surface area contributed by atoms with Crippen molar-refractivity contribution in [2.75, 3.05) is 5.32 Å². The number of amides is 1. The molecule has 0 bridgehead atoms. The van der Waals surface area contributed by atoms with Crippen LogP contribution in [0.5, 0.6) is 0 Å². The van der Waals surface area contributed by atoms with Crippen LogP contribution < -0.4 is 10.7 Å². The summed E-state index contributed by atoms with van der Waals surface area (Å²) in [4.78, 5) is 35.6. The third-order valence-corrected chi connectivity index (χ3v) is 4.44. The van der Waals surface area contributed by atoms with Crippen molar-refractivity contribution in [3.8, 4) is 5.69 Å². The molecule has 8 nitrogen and oxygen atoms in total. The molecule has 0 aliphatic rings. The van der Waals surface area contributed by atoms with Crippen LogP contribution in [-0.4, -0.2) is 20.6 Å². The number of hydrogen-bond acceptors (Lipinski definition) is 5. The second-order valence-electron chi connectivity index (χ2n) is 5.59. The molecule has 0 atom stereocenters.